The van der Waals surface area contributed by atoms with Gasteiger partial charge in [0, 0.05) is 6.07 Å². The van der Waals surface area contributed by atoms with Crippen molar-refractivity contribution < 1.29 is 10.0 Å². The Hall–Kier alpha value is -1.33. The lowest BCUT2D eigenvalue weighted by atomic mass is 10.0. The number of halogens is 1. The Morgan fingerprint density at radius 2 is 2.18 bits per heavy atom. The van der Waals surface area contributed by atoms with Crippen molar-refractivity contribution in [2.24, 2.45) is 5.92 Å². The van der Waals surface area contributed by atoms with Crippen LogP contribution < -0.4 is 5.32 Å². The summed E-state index contributed by atoms with van der Waals surface area (Å²) in [6, 6.07) is 4.21. The highest BCUT2D eigenvalue weighted by Gasteiger charge is 2.21. The summed E-state index contributed by atoms with van der Waals surface area (Å²) in [7, 11) is 0. The number of anilines is 1. The summed E-state index contributed by atoms with van der Waals surface area (Å²) in [5.41, 5.74) is 0.170. The predicted octanol–water partition coefficient (Wildman–Crippen LogP) is 2.68. The van der Waals surface area contributed by atoms with Crippen molar-refractivity contribution in [3.05, 3.63) is 33.3 Å². The summed E-state index contributed by atoms with van der Waals surface area (Å²) in [5.74, 6) is 0.135. The second-order valence-electron chi connectivity index (χ2n) is 4.07. The van der Waals surface area contributed by atoms with Gasteiger partial charge in [-0.3, -0.25) is 10.1 Å². The zero-order valence-corrected chi connectivity index (χ0v) is 10.4. The van der Waals surface area contributed by atoms with Crippen molar-refractivity contribution in [3.63, 3.8) is 0 Å². The average Bonchev–Trinajstić information content (AvgIpc) is 2.26. The van der Waals surface area contributed by atoms with E-state index >= 15 is 0 Å². The molecule has 2 N–H and O–H groups in total. The minimum Gasteiger partial charge on any atom is -0.394 e. The van der Waals surface area contributed by atoms with Gasteiger partial charge in [0.05, 0.1) is 22.6 Å². The highest BCUT2D eigenvalue weighted by atomic mass is 35.5. The average molecular weight is 259 g/mol. The molecule has 0 aliphatic heterocycles. The van der Waals surface area contributed by atoms with Crippen LogP contribution in [0.3, 0.4) is 0 Å². The van der Waals surface area contributed by atoms with E-state index in [0.717, 1.165) is 0 Å². The van der Waals surface area contributed by atoms with Crippen LogP contribution in [0.1, 0.15) is 13.8 Å². The van der Waals surface area contributed by atoms with Crippen LogP contribution >= 0.6 is 11.6 Å². The van der Waals surface area contributed by atoms with Gasteiger partial charge in [-0.1, -0.05) is 31.5 Å². The van der Waals surface area contributed by atoms with Crippen LogP contribution in [0.5, 0.6) is 0 Å². The molecule has 0 aliphatic rings. The molecule has 0 radical (unpaired) electrons. The summed E-state index contributed by atoms with van der Waals surface area (Å²) >= 11 is 5.93. The van der Waals surface area contributed by atoms with Crippen LogP contribution in [-0.4, -0.2) is 22.7 Å². The van der Waals surface area contributed by atoms with Crippen LogP contribution in [0.2, 0.25) is 5.02 Å². The molecule has 1 rings (SSSR count). The first kappa shape index (κ1) is 13.7. The van der Waals surface area contributed by atoms with E-state index in [9.17, 15) is 15.2 Å². The summed E-state index contributed by atoms with van der Waals surface area (Å²) in [6.07, 6.45) is 0. The number of nitrogens with one attached hydrogen (secondary N) is 1. The number of aliphatic hydroxyl groups is 1. The Labute approximate surface area is 105 Å². The molecule has 0 bridgehead atoms. The number of para-hydroxylation sites is 1. The predicted molar refractivity (Wildman–Crippen MR) is 67.4 cm³/mol. The highest BCUT2D eigenvalue weighted by molar-refractivity contribution is 6.33. The minimum atomic E-state index is -0.497. The van der Waals surface area contributed by atoms with Crippen LogP contribution in [-0.2, 0) is 0 Å². The molecular weight excluding hydrogens is 244 g/mol. The number of nitro benzene ring substituents is 1. The number of nitro groups is 1. The SMILES string of the molecule is CC(C)C(CO)Nc1c(Cl)cccc1[N+](=O)[O-]. The third-order valence-corrected chi connectivity index (χ3v) is 2.83. The molecule has 17 heavy (non-hydrogen) atoms. The summed E-state index contributed by atoms with van der Waals surface area (Å²) in [4.78, 5) is 10.4. The van der Waals surface area contributed by atoms with Crippen molar-refractivity contribution in [2.45, 2.75) is 19.9 Å². The molecule has 0 aliphatic carbocycles. The molecular formula is C11H15ClN2O3. The molecule has 0 saturated heterocycles. The van der Waals surface area contributed by atoms with Gasteiger partial charge in [-0.25, -0.2) is 0 Å². The second kappa shape index (κ2) is 5.84. The number of rotatable bonds is 5. The summed E-state index contributed by atoms with van der Waals surface area (Å²) < 4.78 is 0. The molecule has 0 spiro atoms. The van der Waals surface area contributed by atoms with Gasteiger partial charge in [0.25, 0.3) is 5.69 Å². The molecule has 5 nitrogen and oxygen atoms in total. The van der Waals surface area contributed by atoms with E-state index in [1.165, 1.54) is 12.1 Å². The Balaban J connectivity index is 3.07. The Morgan fingerprint density at radius 1 is 1.53 bits per heavy atom. The largest absolute Gasteiger partial charge is 0.394 e. The molecule has 0 aromatic heterocycles. The normalized spacial score (nSPS) is 12.5. The van der Waals surface area contributed by atoms with Crippen molar-refractivity contribution in [1.29, 1.82) is 0 Å². The van der Waals surface area contributed by atoms with Crippen LogP contribution in [0.4, 0.5) is 11.4 Å². The van der Waals surface area contributed by atoms with Crippen molar-refractivity contribution >= 4 is 23.0 Å². The zero-order valence-electron chi connectivity index (χ0n) is 9.68. The van der Waals surface area contributed by atoms with E-state index in [1.54, 1.807) is 6.07 Å². The fourth-order valence-electron chi connectivity index (χ4n) is 1.42. The van der Waals surface area contributed by atoms with Gasteiger partial charge >= 0.3 is 0 Å². The molecule has 0 heterocycles. The molecule has 1 aromatic rings. The van der Waals surface area contributed by atoms with Gasteiger partial charge < -0.3 is 10.4 Å². The van der Waals surface area contributed by atoms with Gasteiger partial charge in [0.2, 0.25) is 0 Å². The van der Waals surface area contributed by atoms with Crippen molar-refractivity contribution in [2.75, 3.05) is 11.9 Å². The smallest absolute Gasteiger partial charge is 0.293 e. The van der Waals surface area contributed by atoms with E-state index in [4.69, 9.17) is 11.6 Å². The molecule has 0 fully saturated rings. The van der Waals surface area contributed by atoms with Gasteiger partial charge in [0.1, 0.15) is 5.69 Å². The topological polar surface area (TPSA) is 75.4 Å². The van der Waals surface area contributed by atoms with Crippen molar-refractivity contribution in [1.82, 2.24) is 0 Å². The summed E-state index contributed by atoms with van der Waals surface area (Å²) in [6.45, 7) is 3.72. The maximum atomic E-state index is 10.9. The molecule has 6 heteroatoms. The van der Waals surface area contributed by atoms with Crippen LogP contribution in [0, 0.1) is 16.0 Å². The number of benzene rings is 1. The fourth-order valence-corrected chi connectivity index (χ4v) is 1.64. The molecule has 0 saturated carbocycles. The summed E-state index contributed by atoms with van der Waals surface area (Å²) in [5, 5.41) is 23.3. The molecule has 94 valence electrons. The lowest BCUT2D eigenvalue weighted by molar-refractivity contribution is -0.384. The quantitative estimate of drug-likeness (QED) is 0.629. The monoisotopic (exact) mass is 258 g/mol. The maximum absolute atomic E-state index is 10.9. The number of hydrogen-bond acceptors (Lipinski definition) is 4. The standard InChI is InChI=1S/C11H15ClN2O3/c1-7(2)9(6-15)13-11-8(12)4-3-5-10(11)14(16)17/h3-5,7,9,13,15H,6H2,1-2H3. The lowest BCUT2D eigenvalue weighted by Gasteiger charge is -2.21. The second-order valence-corrected chi connectivity index (χ2v) is 4.48. The first-order chi connectivity index (χ1) is 7.97. The lowest BCUT2D eigenvalue weighted by Crippen LogP contribution is -2.29. The highest BCUT2D eigenvalue weighted by Crippen LogP contribution is 2.32. The van der Waals surface area contributed by atoms with Crippen molar-refractivity contribution in [3.8, 4) is 0 Å². The minimum absolute atomic E-state index is 0.0865. The van der Waals surface area contributed by atoms with Gasteiger partial charge in [0.15, 0.2) is 0 Å². The zero-order chi connectivity index (χ0) is 13.0. The number of aliphatic hydroxyl groups excluding tert-OH is 1. The number of hydrogen-bond donors (Lipinski definition) is 2. The van der Waals surface area contributed by atoms with E-state index in [2.05, 4.69) is 5.32 Å². The fraction of sp³-hybridized carbons (Fsp3) is 0.455. The van der Waals surface area contributed by atoms with E-state index < -0.39 is 4.92 Å². The van der Waals surface area contributed by atoms with E-state index in [1.807, 2.05) is 13.8 Å². The van der Waals surface area contributed by atoms with Gasteiger partial charge in [-0.15, -0.1) is 0 Å². The first-order valence-corrected chi connectivity index (χ1v) is 5.65. The third-order valence-electron chi connectivity index (χ3n) is 2.52. The van der Waals surface area contributed by atoms with Gasteiger partial charge in [-0.05, 0) is 12.0 Å². The molecule has 1 atom stereocenters. The molecule has 0 amide bonds. The van der Waals surface area contributed by atoms with Crippen LogP contribution in [0.15, 0.2) is 18.2 Å². The van der Waals surface area contributed by atoms with Crippen LogP contribution in [0.25, 0.3) is 0 Å². The molecule has 1 unspecified atom stereocenters. The Kier molecular flexibility index (Phi) is 4.72. The maximum Gasteiger partial charge on any atom is 0.293 e. The Bertz CT molecular complexity index is 410. The number of nitrogens with zero attached hydrogens (tertiary/aromatic N) is 1. The molecule has 1 aromatic carbocycles. The van der Waals surface area contributed by atoms with E-state index in [0.29, 0.717) is 0 Å². The first-order valence-electron chi connectivity index (χ1n) is 5.27. The third kappa shape index (κ3) is 3.31. The Morgan fingerprint density at radius 3 is 2.65 bits per heavy atom. The van der Waals surface area contributed by atoms with Gasteiger partial charge in [-0.2, -0.15) is 0 Å². The van der Waals surface area contributed by atoms with E-state index in [-0.39, 0.29) is 35.0 Å².